The fraction of sp³-hybridized carbons (Fsp3) is 0.364. The summed E-state index contributed by atoms with van der Waals surface area (Å²) in [6.45, 7) is 6.24. The van der Waals surface area contributed by atoms with Crippen molar-refractivity contribution in [1.82, 2.24) is 0 Å². The Labute approximate surface area is 207 Å². The lowest BCUT2D eigenvalue weighted by Crippen LogP contribution is -2.59. The lowest BCUT2D eigenvalue weighted by Gasteiger charge is -2.46. The largest absolute Gasteiger partial charge is 0.471 e. The molecule has 2 aliphatic heterocycles. The lowest BCUT2D eigenvalue weighted by atomic mass is 9.81. The number of alkyl halides is 3. The number of aryl methyl sites for hydroxylation is 2. The zero-order valence-corrected chi connectivity index (χ0v) is 21.5. The van der Waals surface area contributed by atoms with E-state index in [1.165, 1.54) is 13.8 Å². The van der Waals surface area contributed by atoms with Crippen LogP contribution in [0.2, 0.25) is 0 Å². The van der Waals surface area contributed by atoms with Gasteiger partial charge in [-0.3, -0.25) is 9.69 Å². The molecule has 6 nitrogen and oxygen atoms in total. The summed E-state index contributed by atoms with van der Waals surface area (Å²) in [7, 11) is 2.33. The Bertz CT molecular complexity index is 1170. The molecule has 0 saturated heterocycles. The van der Waals surface area contributed by atoms with Crippen molar-refractivity contribution in [1.29, 1.82) is 0 Å². The number of ether oxygens (including phenoxy) is 2. The van der Waals surface area contributed by atoms with Crippen molar-refractivity contribution in [2.75, 3.05) is 19.1 Å². The number of hydrogen-bond donors (Lipinski definition) is 0. The number of thiocarbonyl (C=S) groups is 1. The molecule has 2 aliphatic rings. The normalized spacial score (nSPS) is 17.7. The molecule has 34 heavy (non-hydrogen) atoms. The number of anilines is 1. The number of benzene rings is 1. The van der Waals surface area contributed by atoms with Crippen LogP contribution in [-0.2, 0) is 23.9 Å². The minimum Gasteiger partial charge on any atom is -0.465 e. The summed E-state index contributed by atoms with van der Waals surface area (Å²) in [5, 5.41) is 0. The maximum absolute atomic E-state index is 13.6. The summed E-state index contributed by atoms with van der Waals surface area (Å²) >= 11 is 7.51. The van der Waals surface area contributed by atoms with Gasteiger partial charge in [-0.25, -0.2) is 9.59 Å². The first-order valence-corrected chi connectivity index (χ1v) is 11.8. The minimum absolute atomic E-state index is 0.0119. The van der Waals surface area contributed by atoms with Crippen LogP contribution in [-0.4, -0.2) is 48.6 Å². The van der Waals surface area contributed by atoms with Crippen LogP contribution in [0.3, 0.4) is 0 Å². The quantitative estimate of drug-likeness (QED) is 0.298. The molecular weight excluding hydrogens is 511 g/mol. The second kappa shape index (κ2) is 9.04. The first kappa shape index (κ1) is 26.3. The Kier molecular flexibility index (Phi) is 7.00. The second-order valence-electron chi connectivity index (χ2n) is 8.01. The van der Waals surface area contributed by atoms with Crippen molar-refractivity contribution in [2.24, 2.45) is 0 Å². The van der Waals surface area contributed by atoms with E-state index in [-0.39, 0.29) is 20.4 Å². The third kappa shape index (κ3) is 4.27. The number of carbonyl (C=O) groups is 3. The Balaban J connectivity index is 2.34. The van der Waals surface area contributed by atoms with Crippen LogP contribution in [0.4, 0.5) is 18.9 Å². The van der Waals surface area contributed by atoms with Crippen LogP contribution >= 0.6 is 35.7 Å². The van der Waals surface area contributed by atoms with Gasteiger partial charge in [-0.2, -0.15) is 13.2 Å². The predicted molar refractivity (Wildman–Crippen MR) is 129 cm³/mol. The van der Waals surface area contributed by atoms with Gasteiger partial charge in [0.15, 0.2) is 0 Å². The van der Waals surface area contributed by atoms with Gasteiger partial charge in [0.1, 0.15) is 9.81 Å². The van der Waals surface area contributed by atoms with Gasteiger partial charge in [-0.05, 0) is 39.3 Å². The van der Waals surface area contributed by atoms with E-state index in [4.69, 9.17) is 21.7 Å². The molecule has 1 amide bonds. The Hall–Kier alpha value is -2.31. The number of fused-ring (bicyclic) bond motifs is 1. The first-order valence-electron chi connectivity index (χ1n) is 9.75. The predicted octanol–water partition coefficient (Wildman–Crippen LogP) is 5.07. The van der Waals surface area contributed by atoms with Gasteiger partial charge in [-0.1, -0.05) is 47.4 Å². The fourth-order valence-corrected chi connectivity index (χ4v) is 6.83. The van der Waals surface area contributed by atoms with Crippen LogP contribution in [0.5, 0.6) is 0 Å². The first-order chi connectivity index (χ1) is 15.7. The van der Waals surface area contributed by atoms with Gasteiger partial charge in [-0.15, -0.1) is 0 Å². The zero-order valence-electron chi connectivity index (χ0n) is 19.0. The highest BCUT2D eigenvalue weighted by atomic mass is 32.2. The van der Waals surface area contributed by atoms with Gasteiger partial charge >= 0.3 is 24.0 Å². The van der Waals surface area contributed by atoms with Crippen molar-refractivity contribution in [3.63, 3.8) is 0 Å². The van der Waals surface area contributed by atoms with Crippen LogP contribution < -0.4 is 4.90 Å². The summed E-state index contributed by atoms with van der Waals surface area (Å²) in [5.41, 5.74) is 0.398. The molecule has 1 aromatic rings. The molecule has 0 aliphatic carbocycles. The van der Waals surface area contributed by atoms with E-state index >= 15 is 0 Å². The van der Waals surface area contributed by atoms with Gasteiger partial charge in [0.25, 0.3) is 0 Å². The number of nitrogens with zero attached hydrogens (tertiary/aromatic N) is 1. The van der Waals surface area contributed by atoms with Crippen molar-refractivity contribution >= 4 is 69.7 Å². The van der Waals surface area contributed by atoms with Crippen molar-refractivity contribution < 1.29 is 37.0 Å². The molecule has 0 N–H and O–H groups in total. The Morgan fingerprint density at radius 1 is 1.00 bits per heavy atom. The third-order valence-electron chi connectivity index (χ3n) is 5.27. The summed E-state index contributed by atoms with van der Waals surface area (Å²) in [6.07, 6.45) is -5.12. The van der Waals surface area contributed by atoms with E-state index in [2.05, 4.69) is 0 Å². The van der Waals surface area contributed by atoms with Crippen molar-refractivity contribution in [2.45, 2.75) is 39.4 Å². The molecule has 0 atom stereocenters. The molecule has 182 valence electrons. The molecule has 3 rings (SSSR count). The van der Waals surface area contributed by atoms with Gasteiger partial charge in [0.2, 0.25) is 0 Å². The Morgan fingerprint density at radius 3 is 1.94 bits per heavy atom. The summed E-state index contributed by atoms with van der Waals surface area (Å²) < 4.78 is 50.8. The molecule has 2 heterocycles. The molecule has 0 fully saturated rings. The Morgan fingerprint density at radius 2 is 1.50 bits per heavy atom. The maximum atomic E-state index is 13.6. The van der Waals surface area contributed by atoms with E-state index in [1.807, 2.05) is 0 Å². The molecule has 0 bridgehead atoms. The molecule has 12 heteroatoms. The molecule has 1 aromatic carbocycles. The summed E-state index contributed by atoms with van der Waals surface area (Å²) in [6, 6.07) is 3.31. The molecule has 0 spiro atoms. The number of methoxy groups -OCH3 is 2. The smallest absolute Gasteiger partial charge is 0.465 e. The number of hydrogen-bond acceptors (Lipinski definition) is 8. The van der Waals surface area contributed by atoms with E-state index < -0.39 is 29.6 Å². The number of rotatable bonds is 2. The van der Waals surface area contributed by atoms with Crippen LogP contribution in [0.25, 0.3) is 5.57 Å². The second-order valence-corrected chi connectivity index (χ2v) is 10.7. The highest BCUT2D eigenvalue weighted by Gasteiger charge is 2.53. The van der Waals surface area contributed by atoms with Crippen LogP contribution in [0.1, 0.15) is 30.5 Å². The van der Waals surface area contributed by atoms with E-state index in [1.54, 1.807) is 26.0 Å². The maximum Gasteiger partial charge on any atom is 0.471 e. The summed E-state index contributed by atoms with van der Waals surface area (Å²) in [4.78, 5) is 37.9. The minimum atomic E-state index is -5.12. The highest BCUT2D eigenvalue weighted by Crippen LogP contribution is 2.56. The van der Waals surface area contributed by atoms with Gasteiger partial charge in [0.05, 0.1) is 34.5 Å². The highest BCUT2D eigenvalue weighted by molar-refractivity contribution is 8.29. The number of halogens is 3. The summed E-state index contributed by atoms with van der Waals surface area (Å²) in [5.74, 6) is -3.56. The van der Waals surface area contributed by atoms with E-state index in [0.717, 1.165) is 43.3 Å². The molecular formula is C22H20F3NO5S3. The molecule has 0 unspecified atom stereocenters. The number of esters is 2. The third-order valence-corrected chi connectivity index (χ3v) is 8.53. The fourth-order valence-electron chi connectivity index (χ4n) is 3.80. The SMILES string of the molecule is COC(=O)C1=C(C(=O)OC)SC(=C2C(=S)C(C)(C)N(C(=O)C(F)(F)F)c3c(C)cc(C)cc32)S1. The lowest BCUT2D eigenvalue weighted by molar-refractivity contribution is -0.171. The monoisotopic (exact) mass is 531 g/mol. The molecule has 0 radical (unpaired) electrons. The van der Waals surface area contributed by atoms with E-state index in [0.29, 0.717) is 25.8 Å². The van der Waals surface area contributed by atoms with E-state index in [9.17, 15) is 27.6 Å². The number of amides is 1. The van der Waals surface area contributed by atoms with Gasteiger partial charge in [0, 0.05) is 11.1 Å². The average molecular weight is 532 g/mol. The number of carbonyl (C=O) groups excluding carboxylic acids is 3. The van der Waals surface area contributed by atoms with Crippen molar-refractivity contribution in [3.05, 3.63) is 42.9 Å². The zero-order chi connectivity index (χ0) is 25.7. The standard InChI is InChI=1S/C22H20F3NO5S3/c1-9-7-10(2)13-11(8-9)12(16(32)21(3,4)26(13)20(29)22(23,24)25)19-33-14(17(27)30-5)15(34-19)18(28)31-6/h7-8H,1-6H3. The van der Waals surface area contributed by atoms with Crippen molar-refractivity contribution in [3.8, 4) is 0 Å². The average Bonchev–Trinajstić information content (AvgIpc) is 3.18. The van der Waals surface area contributed by atoms with Gasteiger partial charge < -0.3 is 9.47 Å². The molecule has 0 aromatic heterocycles. The van der Waals surface area contributed by atoms with Crippen LogP contribution in [0, 0.1) is 13.8 Å². The molecule has 0 saturated carbocycles. The topological polar surface area (TPSA) is 72.9 Å². The van der Waals surface area contributed by atoms with Crippen LogP contribution in [0.15, 0.2) is 26.2 Å². The number of thioether (sulfide) groups is 2.